The van der Waals surface area contributed by atoms with Gasteiger partial charge < -0.3 is 9.30 Å². The summed E-state index contributed by atoms with van der Waals surface area (Å²) in [6.45, 7) is 2.79. The summed E-state index contributed by atoms with van der Waals surface area (Å²) in [7, 11) is 1.78. The third-order valence-electron chi connectivity index (χ3n) is 3.18. The van der Waals surface area contributed by atoms with Crippen molar-refractivity contribution < 1.29 is 4.74 Å². The highest BCUT2D eigenvalue weighted by atomic mass is 32.1. The smallest absolute Gasteiger partial charge is 0.254 e. The summed E-state index contributed by atoms with van der Waals surface area (Å²) < 4.78 is 7.22. The van der Waals surface area contributed by atoms with Crippen LogP contribution >= 0.6 is 12.6 Å². The largest absolute Gasteiger partial charge is 0.494 e. The fraction of sp³-hybridized carbons (Fsp3) is 0.312. The quantitative estimate of drug-likeness (QED) is 0.857. The van der Waals surface area contributed by atoms with Crippen LogP contribution in [0.2, 0.25) is 0 Å². The molecule has 0 fully saturated rings. The van der Waals surface area contributed by atoms with Crippen molar-refractivity contribution in [2.45, 2.75) is 19.1 Å². The molecule has 1 aromatic heterocycles. The summed E-state index contributed by atoms with van der Waals surface area (Å²) >= 11 is 4.16. The van der Waals surface area contributed by atoms with E-state index in [1.54, 1.807) is 11.6 Å². The number of benzene rings is 1. The van der Waals surface area contributed by atoms with Crippen molar-refractivity contribution in [3.05, 3.63) is 52.3 Å². The van der Waals surface area contributed by atoms with Gasteiger partial charge in [0.1, 0.15) is 5.75 Å². The van der Waals surface area contributed by atoms with E-state index in [1.165, 1.54) is 0 Å². The Labute approximate surface area is 124 Å². The van der Waals surface area contributed by atoms with Gasteiger partial charge in [-0.05, 0) is 42.3 Å². The van der Waals surface area contributed by atoms with E-state index in [4.69, 9.17) is 4.74 Å². The molecular weight excluding hydrogens is 270 g/mol. The van der Waals surface area contributed by atoms with Gasteiger partial charge in [0.25, 0.3) is 5.56 Å². The number of hydrogen-bond donors (Lipinski definition) is 1. The SMILES string of the molecule is CCCOc1ccc(-c2ccc(CS)c(=O)n2C)cc1. The molecule has 106 valence electrons. The van der Waals surface area contributed by atoms with Crippen LogP contribution in [0.3, 0.4) is 0 Å². The molecule has 0 aliphatic carbocycles. The highest BCUT2D eigenvalue weighted by molar-refractivity contribution is 7.79. The van der Waals surface area contributed by atoms with Gasteiger partial charge in [-0.1, -0.05) is 13.0 Å². The van der Waals surface area contributed by atoms with Crippen molar-refractivity contribution in [2.75, 3.05) is 6.61 Å². The van der Waals surface area contributed by atoms with E-state index in [-0.39, 0.29) is 5.56 Å². The van der Waals surface area contributed by atoms with Crippen molar-refractivity contribution in [2.24, 2.45) is 7.05 Å². The summed E-state index contributed by atoms with van der Waals surface area (Å²) in [5, 5.41) is 0. The molecule has 20 heavy (non-hydrogen) atoms. The normalized spacial score (nSPS) is 10.6. The Morgan fingerprint density at radius 3 is 2.45 bits per heavy atom. The summed E-state index contributed by atoms with van der Waals surface area (Å²) in [6.07, 6.45) is 0.988. The topological polar surface area (TPSA) is 31.2 Å². The molecule has 0 amide bonds. The van der Waals surface area contributed by atoms with Crippen LogP contribution < -0.4 is 10.3 Å². The van der Waals surface area contributed by atoms with Gasteiger partial charge in [0.15, 0.2) is 0 Å². The van der Waals surface area contributed by atoms with Crippen molar-refractivity contribution in [1.29, 1.82) is 0 Å². The van der Waals surface area contributed by atoms with Crippen LogP contribution in [0.25, 0.3) is 11.3 Å². The van der Waals surface area contributed by atoms with Crippen LogP contribution in [0.4, 0.5) is 0 Å². The minimum Gasteiger partial charge on any atom is -0.494 e. The number of thiol groups is 1. The van der Waals surface area contributed by atoms with Gasteiger partial charge in [0, 0.05) is 18.4 Å². The molecule has 2 aromatic rings. The summed E-state index contributed by atoms with van der Waals surface area (Å²) in [4.78, 5) is 12.1. The maximum Gasteiger partial charge on any atom is 0.254 e. The third kappa shape index (κ3) is 3.07. The maximum absolute atomic E-state index is 12.1. The molecule has 0 aliphatic rings. The van der Waals surface area contributed by atoms with Crippen LogP contribution in [0.1, 0.15) is 18.9 Å². The minimum absolute atomic E-state index is 0.00353. The number of rotatable bonds is 5. The predicted octanol–water partition coefficient (Wildman–Crippen LogP) is 3.27. The van der Waals surface area contributed by atoms with E-state index in [2.05, 4.69) is 19.6 Å². The molecule has 2 rings (SSSR count). The lowest BCUT2D eigenvalue weighted by Gasteiger charge is -2.11. The number of pyridine rings is 1. The second kappa shape index (κ2) is 6.66. The van der Waals surface area contributed by atoms with Gasteiger partial charge in [0.05, 0.1) is 12.3 Å². The average molecular weight is 289 g/mol. The molecule has 0 radical (unpaired) electrons. The zero-order chi connectivity index (χ0) is 14.5. The van der Waals surface area contributed by atoms with Crippen LogP contribution in [0.5, 0.6) is 5.75 Å². The van der Waals surface area contributed by atoms with E-state index < -0.39 is 0 Å². The number of aromatic nitrogens is 1. The standard InChI is InChI=1S/C16H19NO2S/c1-3-10-19-14-7-4-12(5-8-14)15-9-6-13(11-20)16(18)17(15)2/h4-9,20H,3,10-11H2,1-2H3. The summed E-state index contributed by atoms with van der Waals surface area (Å²) in [5.74, 6) is 1.31. The Kier molecular flexibility index (Phi) is 4.90. The van der Waals surface area contributed by atoms with Gasteiger partial charge in [-0.2, -0.15) is 12.6 Å². The maximum atomic E-state index is 12.1. The lowest BCUT2D eigenvalue weighted by atomic mass is 10.1. The second-order valence-electron chi connectivity index (χ2n) is 4.64. The van der Waals surface area contributed by atoms with Crippen LogP contribution in [0.15, 0.2) is 41.2 Å². The Morgan fingerprint density at radius 1 is 1.15 bits per heavy atom. The minimum atomic E-state index is 0.00353. The molecule has 0 N–H and O–H groups in total. The average Bonchev–Trinajstić information content (AvgIpc) is 2.48. The lowest BCUT2D eigenvalue weighted by Crippen LogP contribution is -2.21. The van der Waals surface area contributed by atoms with Gasteiger partial charge in [-0.15, -0.1) is 0 Å². The van der Waals surface area contributed by atoms with Gasteiger partial charge in [-0.25, -0.2) is 0 Å². The first-order valence-corrected chi connectivity index (χ1v) is 7.33. The lowest BCUT2D eigenvalue weighted by molar-refractivity contribution is 0.317. The molecule has 3 nitrogen and oxygen atoms in total. The van der Waals surface area contributed by atoms with Crippen molar-refractivity contribution in [3.8, 4) is 17.0 Å². The van der Waals surface area contributed by atoms with E-state index in [1.807, 2.05) is 36.4 Å². The first kappa shape index (κ1) is 14.7. The molecule has 1 aromatic carbocycles. The van der Waals surface area contributed by atoms with Gasteiger partial charge in [-0.3, -0.25) is 4.79 Å². The number of ether oxygens (including phenoxy) is 1. The van der Waals surface area contributed by atoms with Crippen molar-refractivity contribution >= 4 is 12.6 Å². The highest BCUT2D eigenvalue weighted by Crippen LogP contribution is 2.21. The molecule has 0 unspecified atom stereocenters. The zero-order valence-electron chi connectivity index (χ0n) is 11.8. The Morgan fingerprint density at radius 2 is 1.85 bits per heavy atom. The van der Waals surface area contributed by atoms with Crippen LogP contribution in [0, 0.1) is 0 Å². The molecule has 0 aliphatic heterocycles. The fourth-order valence-corrected chi connectivity index (χ4v) is 2.28. The molecule has 0 atom stereocenters. The van der Waals surface area contributed by atoms with E-state index in [0.29, 0.717) is 17.9 Å². The van der Waals surface area contributed by atoms with Crippen LogP contribution in [-0.4, -0.2) is 11.2 Å². The first-order valence-electron chi connectivity index (χ1n) is 6.70. The zero-order valence-corrected chi connectivity index (χ0v) is 12.7. The second-order valence-corrected chi connectivity index (χ2v) is 4.96. The molecule has 0 spiro atoms. The molecular formula is C16H19NO2S. The highest BCUT2D eigenvalue weighted by Gasteiger charge is 2.06. The predicted molar refractivity (Wildman–Crippen MR) is 85.6 cm³/mol. The van der Waals surface area contributed by atoms with Crippen LogP contribution in [-0.2, 0) is 12.8 Å². The van der Waals surface area contributed by atoms with E-state index in [0.717, 1.165) is 23.4 Å². The molecule has 0 saturated heterocycles. The monoisotopic (exact) mass is 289 g/mol. The molecule has 1 heterocycles. The third-order valence-corrected chi connectivity index (χ3v) is 3.52. The van der Waals surface area contributed by atoms with E-state index >= 15 is 0 Å². The van der Waals surface area contributed by atoms with Crippen molar-refractivity contribution in [3.63, 3.8) is 0 Å². The number of nitrogens with zero attached hydrogens (tertiary/aromatic N) is 1. The van der Waals surface area contributed by atoms with Gasteiger partial charge >= 0.3 is 0 Å². The molecule has 0 bridgehead atoms. The molecule has 4 heteroatoms. The van der Waals surface area contributed by atoms with E-state index in [9.17, 15) is 4.79 Å². The number of hydrogen-bond acceptors (Lipinski definition) is 3. The Balaban J connectivity index is 2.32. The summed E-state index contributed by atoms with van der Waals surface area (Å²) in [5.41, 5.74) is 2.60. The van der Waals surface area contributed by atoms with Gasteiger partial charge in [0.2, 0.25) is 0 Å². The fourth-order valence-electron chi connectivity index (χ4n) is 2.04. The Bertz CT molecular complexity index is 632. The summed E-state index contributed by atoms with van der Waals surface area (Å²) in [6, 6.07) is 11.6. The molecule has 0 saturated carbocycles. The Hall–Kier alpha value is -1.68. The van der Waals surface area contributed by atoms with Crippen molar-refractivity contribution in [1.82, 2.24) is 4.57 Å². The first-order chi connectivity index (χ1) is 9.67.